The molecular formula is C25H21ClN2O5. The second-order valence-corrected chi connectivity index (χ2v) is 7.85. The van der Waals surface area contributed by atoms with Crippen LogP contribution in [0, 0.1) is 0 Å². The van der Waals surface area contributed by atoms with Gasteiger partial charge in [-0.1, -0.05) is 23.7 Å². The lowest BCUT2D eigenvalue weighted by Gasteiger charge is -2.26. The summed E-state index contributed by atoms with van der Waals surface area (Å²) in [4.78, 5) is 31.8. The first-order valence-corrected chi connectivity index (χ1v) is 10.5. The highest BCUT2D eigenvalue weighted by atomic mass is 35.5. The number of hydrogen-bond acceptors (Lipinski definition) is 6. The molecule has 2 heterocycles. The number of ether oxygens (including phenoxy) is 2. The number of amides is 1. The number of pyridine rings is 1. The molecule has 0 aliphatic carbocycles. The number of halogens is 1. The van der Waals surface area contributed by atoms with Crippen molar-refractivity contribution < 1.29 is 24.2 Å². The lowest BCUT2D eigenvalue weighted by Crippen LogP contribution is -2.29. The summed E-state index contributed by atoms with van der Waals surface area (Å²) >= 11 is 5.97. The minimum absolute atomic E-state index is 0.0153. The third kappa shape index (κ3) is 4.27. The van der Waals surface area contributed by atoms with E-state index in [0.717, 1.165) is 5.56 Å². The van der Waals surface area contributed by atoms with Gasteiger partial charge in [0.25, 0.3) is 11.7 Å². The zero-order valence-electron chi connectivity index (χ0n) is 18.0. The van der Waals surface area contributed by atoms with Crippen molar-refractivity contribution in [2.75, 3.05) is 14.2 Å². The Morgan fingerprint density at radius 2 is 1.79 bits per heavy atom. The first-order chi connectivity index (χ1) is 15.9. The number of benzene rings is 2. The van der Waals surface area contributed by atoms with E-state index >= 15 is 0 Å². The molecule has 168 valence electrons. The van der Waals surface area contributed by atoms with E-state index < -0.39 is 17.7 Å². The number of rotatable bonds is 6. The van der Waals surface area contributed by atoms with Crippen LogP contribution in [-0.2, 0) is 16.1 Å². The second-order valence-electron chi connectivity index (χ2n) is 7.41. The highest BCUT2D eigenvalue weighted by molar-refractivity contribution is 6.46. The zero-order chi connectivity index (χ0) is 23.5. The quantitative estimate of drug-likeness (QED) is 0.331. The average Bonchev–Trinajstić information content (AvgIpc) is 3.09. The Morgan fingerprint density at radius 1 is 1.06 bits per heavy atom. The van der Waals surface area contributed by atoms with Gasteiger partial charge in [-0.2, -0.15) is 0 Å². The molecule has 0 bridgehead atoms. The molecule has 1 aliphatic heterocycles. The lowest BCUT2D eigenvalue weighted by molar-refractivity contribution is -0.140. The van der Waals surface area contributed by atoms with Gasteiger partial charge in [0.2, 0.25) is 0 Å². The lowest BCUT2D eigenvalue weighted by atomic mass is 9.95. The van der Waals surface area contributed by atoms with Crippen molar-refractivity contribution in [2.24, 2.45) is 0 Å². The summed E-state index contributed by atoms with van der Waals surface area (Å²) in [5, 5.41) is 11.6. The van der Waals surface area contributed by atoms with Gasteiger partial charge in [-0.05, 0) is 53.6 Å². The van der Waals surface area contributed by atoms with Gasteiger partial charge in [0.05, 0.1) is 25.8 Å². The number of carbonyl (C=O) groups is 2. The number of nitrogens with zero attached hydrogens (tertiary/aromatic N) is 2. The highest BCUT2D eigenvalue weighted by Crippen LogP contribution is 2.42. The number of aliphatic hydroxyl groups is 1. The molecule has 7 nitrogen and oxygen atoms in total. The molecule has 1 aliphatic rings. The van der Waals surface area contributed by atoms with E-state index in [2.05, 4.69) is 4.98 Å². The molecule has 0 spiro atoms. The summed E-state index contributed by atoms with van der Waals surface area (Å²) < 4.78 is 10.7. The normalized spacial score (nSPS) is 17.3. The standard InChI is InChI=1S/C25H21ClN2O5/c1-32-19-10-7-17(12-20(19)33-2)22-21(23(29)16-5-8-18(26)9-6-16)24(30)25(31)28(22)14-15-4-3-11-27-13-15/h3-13,22,29H,14H2,1-2H3/b23-21+/t22-/m1/s1. The van der Waals surface area contributed by atoms with Gasteiger partial charge >= 0.3 is 0 Å². The van der Waals surface area contributed by atoms with Crippen LogP contribution in [0.5, 0.6) is 11.5 Å². The van der Waals surface area contributed by atoms with E-state index in [1.165, 1.54) is 19.1 Å². The van der Waals surface area contributed by atoms with Crippen molar-refractivity contribution >= 4 is 29.1 Å². The molecule has 4 rings (SSSR count). The number of aliphatic hydroxyl groups excluding tert-OH is 1. The third-order valence-electron chi connectivity index (χ3n) is 5.46. The van der Waals surface area contributed by atoms with Crippen LogP contribution in [0.2, 0.25) is 5.02 Å². The Bertz CT molecular complexity index is 1230. The molecule has 0 unspecified atom stereocenters. The molecule has 2 aromatic carbocycles. The monoisotopic (exact) mass is 464 g/mol. The average molecular weight is 465 g/mol. The molecule has 0 saturated carbocycles. The number of methoxy groups -OCH3 is 2. The number of aromatic nitrogens is 1. The van der Waals surface area contributed by atoms with Gasteiger partial charge in [-0.15, -0.1) is 0 Å². The van der Waals surface area contributed by atoms with Gasteiger partial charge in [-0.3, -0.25) is 14.6 Å². The molecule has 3 aromatic rings. The van der Waals surface area contributed by atoms with Crippen LogP contribution >= 0.6 is 11.6 Å². The Hall–Kier alpha value is -3.84. The van der Waals surface area contributed by atoms with Crippen LogP contribution in [0.4, 0.5) is 0 Å². The van der Waals surface area contributed by atoms with Crippen LogP contribution < -0.4 is 9.47 Å². The van der Waals surface area contributed by atoms with E-state index in [-0.39, 0.29) is 17.9 Å². The number of carbonyl (C=O) groups excluding carboxylic acids is 2. The van der Waals surface area contributed by atoms with Crippen molar-refractivity contribution in [1.82, 2.24) is 9.88 Å². The Labute approximate surface area is 195 Å². The first kappa shape index (κ1) is 22.4. The SMILES string of the molecule is COc1ccc([C@@H]2/C(=C(\O)c3ccc(Cl)cc3)C(=O)C(=O)N2Cc2cccnc2)cc1OC. The molecule has 1 aromatic heterocycles. The van der Waals surface area contributed by atoms with Crippen molar-refractivity contribution in [3.63, 3.8) is 0 Å². The van der Waals surface area contributed by atoms with E-state index in [9.17, 15) is 14.7 Å². The smallest absolute Gasteiger partial charge is 0.295 e. The van der Waals surface area contributed by atoms with Crippen LogP contribution in [-0.4, -0.2) is 40.9 Å². The van der Waals surface area contributed by atoms with Crippen LogP contribution in [0.1, 0.15) is 22.7 Å². The summed E-state index contributed by atoms with van der Waals surface area (Å²) in [6.45, 7) is 0.134. The van der Waals surface area contributed by atoms with E-state index in [1.54, 1.807) is 60.9 Å². The summed E-state index contributed by atoms with van der Waals surface area (Å²) in [6.07, 6.45) is 3.26. The molecule has 1 atom stereocenters. The number of Topliss-reactive ketones (excluding diaryl/α,β-unsaturated/α-hetero) is 1. The zero-order valence-corrected chi connectivity index (χ0v) is 18.7. The van der Waals surface area contributed by atoms with Crippen molar-refractivity contribution in [1.29, 1.82) is 0 Å². The van der Waals surface area contributed by atoms with Crippen molar-refractivity contribution in [2.45, 2.75) is 12.6 Å². The van der Waals surface area contributed by atoms with Gasteiger partial charge in [0.1, 0.15) is 5.76 Å². The van der Waals surface area contributed by atoms with Crippen LogP contribution in [0.3, 0.4) is 0 Å². The molecule has 1 N–H and O–H groups in total. The van der Waals surface area contributed by atoms with Gasteiger partial charge in [-0.25, -0.2) is 0 Å². The van der Waals surface area contributed by atoms with Gasteiger partial charge in [0, 0.05) is 29.5 Å². The predicted molar refractivity (Wildman–Crippen MR) is 123 cm³/mol. The van der Waals surface area contributed by atoms with Crippen LogP contribution in [0.15, 0.2) is 72.6 Å². The van der Waals surface area contributed by atoms with Gasteiger partial charge < -0.3 is 19.5 Å². The third-order valence-corrected chi connectivity index (χ3v) is 5.71. The fourth-order valence-corrected chi connectivity index (χ4v) is 3.99. The fraction of sp³-hybridized carbons (Fsp3) is 0.160. The molecule has 8 heteroatoms. The molecular weight excluding hydrogens is 444 g/mol. The topological polar surface area (TPSA) is 89.0 Å². The van der Waals surface area contributed by atoms with Gasteiger partial charge in [0.15, 0.2) is 11.5 Å². The maximum atomic E-state index is 13.1. The Balaban J connectivity index is 1.89. The Kier molecular flexibility index (Phi) is 6.33. The number of ketones is 1. The highest BCUT2D eigenvalue weighted by Gasteiger charge is 2.46. The summed E-state index contributed by atoms with van der Waals surface area (Å²) in [5.74, 6) is -0.824. The first-order valence-electron chi connectivity index (χ1n) is 10.1. The fourth-order valence-electron chi connectivity index (χ4n) is 3.86. The van der Waals surface area contributed by atoms with Crippen molar-refractivity contribution in [3.8, 4) is 11.5 Å². The Morgan fingerprint density at radius 3 is 2.42 bits per heavy atom. The second kappa shape index (κ2) is 9.34. The molecule has 1 saturated heterocycles. The molecule has 33 heavy (non-hydrogen) atoms. The summed E-state index contributed by atoms with van der Waals surface area (Å²) in [6, 6.07) is 14.3. The minimum atomic E-state index is -0.847. The predicted octanol–water partition coefficient (Wildman–Crippen LogP) is 4.37. The maximum Gasteiger partial charge on any atom is 0.295 e. The molecule has 0 radical (unpaired) electrons. The van der Waals surface area contributed by atoms with Crippen molar-refractivity contribution in [3.05, 3.63) is 94.3 Å². The minimum Gasteiger partial charge on any atom is -0.507 e. The molecule has 1 fully saturated rings. The van der Waals surface area contributed by atoms with E-state index in [1.807, 2.05) is 6.07 Å². The van der Waals surface area contributed by atoms with Crippen LogP contribution in [0.25, 0.3) is 5.76 Å². The van der Waals surface area contributed by atoms with E-state index in [0.29, 0.717) is 27.6 Å². The molecule has 1 amide bonds. The largest absolute Gasteiger partial charge is 0.507 e. The maximum absolute atomic E-state index is 13.1. The number of hydrogen-bond donors (Lipinski definition) is 1. The number of likely N-dealkylation sites (tertiary alicyclic amines) is 1. The summed E-state index contributed by atoms with van der Waals surface area (Å²) in [7, 11) is 3.02. The van der Waals surface area contributed by atoms with E-state index in [4.69, 9.17) is 21.1 Å². The summed E-state index contributed by atoms with van der Waals surface area (Å²) in [5.41, 5.74) is 1.70.